The van der Waals surface area contributed by atoms with E-state index in [9.17, 15) is 22.1 Å². The van der Waals surface area contributed by atoms with Crippen molar-refractivity contribution in [2.45, 2.75) is 6.92 Å². The molecule has 10 nitrogen and oxygen atoms in total. The number of aromatic hydroxyl groups is 1. The summed E-state index contributed by atoms with van der Waals surface area (Å²) >= 11 is -4.98. The number of hydrogen-bond donors (Lipinski definition) is 6. The zero-order valence-corrected chi connectivity index (χ0v) is 19.4. The second-order valence-corrected chi connectivity index (χ2v) is 11.0. The first-order valence-corrected chi connectivity index (χ1v) is 13.7. The van der Waals surface area contributed by atoms with Crippen LogP contribution in [0, 0.1) is 0 Å². The first-order chi connectivity index (χ1) is 14.8. The van der Waals surface area contributed by atoms with E-state index in [0.29, 0.717) is 5.69 Å². The Labute approximate surface area is 187 Å². The van der Waals surface area contributed by atoms with E-state index in [4.69, 9.17) is 12.7 Å². The molecule has 3 aromatic rings. The second kappa shape index (κ2) is 10.5. The largest absolute Gasteiger partial charge is 0.357 e. The second-order valence-electron chi connectivity index (χ2n) is 6.45. The van der Waals surface area contributed by atoms with Crippen LogP contribution in [-0.4, -0.2) is 46.3 Å². The van der Waals surface area contributed by atoms with E-state index >= 15 is 0 Å². The molecule has 1 amide bonds. The Bertz CT molecular complexity index is 1240. The number of carbonyl (C=O) groups excluding carboxylic acids is 1. The third kappa shape index (κ3) is 8.21. The number of carbonyl (C=O) groups is 1. The van der Waals surface area contributed by atoms with Crippen LogP contribution in [0.25, 0.3) is 11.1 Å². The SMILES string of the molecule is CC(=O)Nc1cc([As](=O)(O)O)ccc1O.O=S(=O)(O)Nc1cccc(-c2ccccc2)c1. The Hall–Kier alpha value is -3.08. The first kappa shape index (κ1) is 25.2. The van der Waals surface area contributed by atoms with Crippen molar-refractivity contribution in [2.75, 3.05) is 10.0 Å². The summed E-state index contributed by atoms with van der Waals surface area (Å²) in [6, 6.07) is 19.7. The summed E-state index contributed by atoms with van der Waals surface area (Å²) in [5, 5.41) is 11.6. The molecule has 0 aliphatic heterocycles. The Morgan fingerprint density at radius 3 is 2.09 bits per heavy atom. The van der Waals surface area contributed by atoms with Crippen LogP contribution in [0.4, 0.5) is 11.4 Å². The van der Waals surface area contributed by atoms with Gasteiger partial charge >= 0.3 is 98.4 Å². The Balaban J connectivity index is 0.000000229. The van der Waals surface area contributed by atoms with E-state index in [1.165, 1.54) is 6.92 Å². The van der Waals surface area contributed by atoms with E-state index in [0.717, 1.165) is 29.3 Å². The summed E-state index contributed by atoms with van der Waals surface area (Å²) in [5.41, 5.74) is 2.17. The Morgan fingerprint density at radius 2 is 1.53 bits per heavy atom. The molecule has 3 rings (SSSR count). The third-order valence-electron chi connectivity index (χ3n) is 3.84. The van der Waals surface area contributed by atoms with Crippen molar-refractivity contribution >= 4 is 46.1 Å². The van der Waals surface area contributed by atoms with Gasteiger partial charge in [-0.25, -0.2) is 0 Å². The topological polar surface area (TPSA) is 173 Å². The number of nitrogens with one attached hydrogen (secondary N) is 2. The molecular formula is C20H21AsN2O8S. The fourth-order valence-corrected chi connectivity index (χ4v) is 4.15. The third-order valence-corrected chi connectivity index (χ3v) is 6.33. The van der Waals surface area contributed by atoms with Gasteiger partial charge in [0.15, 0.2) is 0 Å². The minimum Gasteiger partial charge on any atom is -0.269 e. The van der Waals surface area contributed by atoms with E-state index in [-0.39, 0.29) is 15.8 Å². The molecule has 0 fully saturated rings. The average Bonchev–Trinajstić information content (AvgIpc) is 2.68. The van der Waals surface area contributed by atoms with Crippen LogP contribution in [-0.2, 0) is 18.8 Å². The first-order valence-electron chi connectivity index (χ1n) is 8.92. The molecule has 0 saturated carbocycles. The van der Waals surface area contributed by atoms with Gasteiger partial charge in [-0.05, 0) is 23.3 Å². The molecule has 6 N–H and O–H groups in total. The summed E-state index contributed by atoms with van der Waals surface area (Å²) in [5.74, 6) is -0.668. The van der Waals surface area contributed by atoms with Crippen LogP contribution in [0.1, 0.15) is 6.92 Å². The van der Waals surface area contributed by atoms with E-state index in [2.05, 4.69) is 5.32 Å². The van der Waals surface area contributed by atoms with Gasteiger partial charge in [0.25, 0.3) is 0 Å². The maximum atomic E-state index is 10.9. The number of rotatable bonds is 5. The fourth-order valence-electron chi connectivity index (χ4n) is 2.54. The van der Waals surface area contributed by atoms with E-state index in [1.807, 2.05) is 41.1 Å². The van der Waals surface area contributed by atoms with Crippen LogP contribution in [0.15, 0.2) is 72.8 Å². The van der Waals surface area contributed by atoms with Gasteiger partial charge in [-0.2, -0.15) is 8.42 Å². The zero-order valence-electron chi connectivity index (χ0n) is 16.7. The molecule has 0 aromatic heterocycles. The zero-order chi connectivity index (χ0) is 23.9. The van der Waals surface area contributed by atoms with Crippen molar-refractivity contribution in [1.29, 1.82) is 0 Å². The van der Waals surface area contributed by atoms with Crippen LogP contribution < -0.4 is 14.4 Å². The minimum absolute atomic E-state index is 0.00951. The molecule has 32 heavy (non-hydrogen) atoms. The van der Waals surface area contributed by atoms with Crippen molar-refractivity contribution < 1.29 is 34.8 Å². The van der Waals surface area contributed by atoms with Crippen LogP contribution in [0.3, 0.4) is 0 Å². The van der Waals surface area contributed by atoms with Crippen molar-refractivity contribution in [1.82, 2.24) is 0 Å². The molecule has 0 saturated heterocycles. The van der Waals surface area contributed by atoms with E-state index in [1.54, 1.807) is 18.2 Å². The molecule has 0 atom stereocenters. The Morgan fingerprint density at radius 1 is 0.906 bits per heavy atom. The number of amides is 1. The number of hydrogen-bond acceptors (Lipinski definition) is 5. The molecule has 0 spiro atoms. The van der Waals surface area contributed by atoms with Crippen molar-refractivity contribution in [3.05, 3.63) is 72.8 Å². The molecule has 170 valence electrons. The molecular weight excluding hydrogens is 503 g/mol. The molecule has 12 heteroatoms. The van der Waals surface area contributed by atoms with Gasteiger partial charge in [0, 0.05) is 0 Å². The summed E-state index contributed by atoms with van der Waals surface area (Å²) in [6.45, 7) is 1.23. The molecule has 0 aliphatic carbocycles. The predicted molar refractivity (Wildman–Crippen MR) is 120 cm³/mol. The standard InChI is InChI=1S/C12H11NO3S.C8H10AsNO5/c14-17(15,16)13-12-8-4-7-11(9-12)10-5-2-1-3-6-10;1-5(11)10-7-4-6(9(13,14)15)2-3-8(7)12/h1-9,13H,(H,14,15,16);2-4,12H,1H3,(H,10,11)(H2,13,14,15). The van der Waals surface area contributed by atoms with Crippen LogP contribution in [0.2, 0.25) is 0 Å². The van der Waals surface area contributed by atoms with Crippen molar-refractivity contribution in [3.63, 3.8) is 0 Å². The average molecular weight is 524 g/mol. The summed E-state index contributed by atoms with van der Waals surface area (Å²) in [6.07, 6.45) is 0. The van der Waals surface area contributed by atoms with Gasteiger partial charge in [-0.1, -0.05) is 42.5 Å². The quantitative estimate of drug-likeness (QED) is 0.165. The normalized spacial score (nSPS) is 11.1. The van der Waals surface area contributed by atoms with Crippen LogP contribution in [0.5, 0.6) is 5.75 Å². The molecule has 0 bridgehead atoms. The smallest absolute Gasteiger partial charge is 0.269 e. The van der Waals surface area contributed by atoms with Gasteiger partial charge in [0.2, 0.25) is 0 Å². The summed E-state index contributed by atoms with van der Waals surface area (Å²) in [4.78, 5) is 10.7. The maximum Gasteiger partial charge on any atom is 0.357 e. The molecule has 3 aromatic carbocycles. The molecule has 0 aliphatic rings. The van der Waals surface area contributed by atoms with Gasteiger partial charge in [-0.3, -0.25) is 9.27 Å². The Kier molecular flexibility index (Phi) is 8.25. The fraction of sp³-hybridized carbons (Fsp3) is 0.0500. The number of phenolic OH excluding ortho intramolecular Hbond substituents is 1. The maximum absolute atomic E-state index is 10.9. The molecule has 0 unspecified atom stereocenters. The minimum atomic E-state index is -4.98. The van der Waals surface area contributed by atoms with Gasteiger partial charge in [0.05, 0.1) is 5.69 Å². The number of anilines is 2. The monoisotopic (exact) mass is 524 g/mol. The molecule has 0 radical (unpaired) electrons. The van der Waals surface area contributed by atoms with Gasteiger partial charge in [-0.15, -0.1) is 0 Å². The van der Waals surface area contributed by atoms with Gasteiger partial charge < -0.3 is 0 Å². The number of benzene rings is 3. The summed E-state index contributed by atoms with van der Waals surface area (Å²) < 4.78 is 60.7. The summed E-state index contributed by atoms with van der Waals surface area (Å²) in [7, 11) is -4.23. The van der Waals surface area contributed by atoms with Gasteiger partial charge in [0.1, 0.15) is 0 Å². The van der Waals surface area contributed by atoms with Crippen molar-refractivity contribution in [3.8, 4) is 16.9 Å². The molecule has 0 heterocycles. The van der Waals surface area contributed by atoms with Crippen molar-refractivity contribution in [2.24, 2.45) is 0 Å². The number of phenols is 1. The van der Waals surface area contributed by atoms with Crippen LogP contribution >= 0.6 is 0 Å². The predicted octanol–water partition coefficient (Wildman–Crippen LogP) is 1.48. The van der Waals surface area contributed by atoms with E-state index < -0.39 is 30.4 Å².